The quantitative estimate of drug-likeness (QED) is 0.152. The maximum absolute atomic E-state index is 2.38. The highest BCUT2D eigenvalue weighted by atomic mass is 32.1. The largest absolute Gasteiger partial charge is 0.309 e. The minimum absolute atomic E-state index is 1.17. The summed E-state index contributed by atoms with van der Waals surface area (Å²) in [6.45, 7) is 0. The van der Waals surface area contributed by atoms with E-state index in [1.165, 1.54) is 141 Å². The molecule has 0 fully saturated rings. The summed E-state index contributed by atoms with van der Waals surface area (Å²) in [5.41, 5.74) is 14.8. The van der Waals surface area contributed by atoms with Crippen molar-refractivity contribution in [3.05, 3.63) is 279 Å². The van der Waals surface area contributed by atoms with E-state index in [9.17, 15) is 0 Å². The average molecular weight is 971 g/mol. The lowest BCUT2D eigenvalue weighted by atomic mass is 9.91. The minimum atomic E-state index is 1.17. The molecule has 0 saturated heterocycles. The van der Waals surface area contributed by atoms with Crippen LogP contribution < -0.4 is 0 Å². The SMILES string of the molecule is c1cc(-c2ccc3c4ccccc4c4ccccc4c3c2)cc(-c2cccc3c2sc2ccccc23)c1.c1ccc2c(c1)c1ccccc1n2-c1ccc(-c2ccc(-n3c4ccccc4c4ccccc43)cc2)cc1. The highest BCUT2D eigenvalue weighted by molar-refractivity contribution is 7.26. The van der Waals surface area contributed by atoms with Gasteiger partial charge in [-0.2, -0.15) is 0 Å². The molecule has 0 unspecified atom stereocenters. The van der Waals surface area contributed by atoms with Crippen molar-refractivity contribution in [2.75, 3.05) is 0 Å². The Balaban J connectivity index is 0.000000132. The molecule has 0 spiro atoms. The number of rotatable bonds is 5. The van der Waals surface area contributed by atoms with E-state index in [4.69, 9.17) is 0 Å². The van der Waals surface area contributed by atoms with Crippen LogP contribution in [-0.4, -0.2) is 9.13 Å². The first-order chi connectivity index (χ1) is 37.2. The second kappa shape index (κ2) is 17.6. The molecular formula is C72H46N2S. The number of benzene rings is 13. The van der Waals surface area contributed by atoms with Crippen LogP contribution in [0.2, 0.25) is 0 Å². The predicted molar refractivity (Wildman–Crippen MR) is 323 cm³/mol. The molecule has 75 heavy (non-hydrogen) atoms. The Kier molecular flexibility index (Phi) is 10.1. The zero-order chi connectivity index (χ0) is 49.4. The summed E-state index contributed by atoms with van der Waals surface area (Å²) in [5, 5.41) is 15.7. The maximum atomic E-state index is 2.38. The highest BCUT2D eigenvalue weighted by Crippen LogP contribution is 2.42. The van der Waals surface area contributed by atoms with Crippen LogP contribution in [0.5, 0.6) is 0 Å². The van der Waals surface area contributed by atoms with Crippen LogP contribution in [0.4, 0.5) is 0 Å². The van der Waals surface area contributed by atoms with Gasteiger partial charge in [-0.3, -0.25) is 0 Å². The van der Waals surface area contributed by atoms with Crippen LogP contribution >= 0.6 is 11.3 Å². The molecule has 0 radical (unpaired) electrons. The zero-order valence-electron chi connectivity index (χ0n) is 40.9. The fraction of sp³-hybridized carbons (Fsp3) is 0. The fourth-order valence-electron chi connectivity index (χ4n) is 11.9. The fourth-order valence-corrected chi connectivity index (χ4v) is 13.2. The molecule has 13 aromatic carbocycles. The van der Waals surface area contributed by atoms with Crippen molar-refractivity contribution in [1.29, 1.82) is 0 Å². The van der Waals surface area contributed by atoms with Crippen molar-refractivity contribution in [2.45, 2.75) is 0 Å². The number of aromatic nitrogens is 2. The Morgan fingerprint density at radius 3 is 1.08 bits per heavy atom. The molecule has 16 rings (SSSR count). The molecule has 0 amide bonds. The van der Waals surface area contributed by atoms with Crippen molar-refractivity contribution in [2.24, 2.45) is 0 Å². The van der Waals surface area contributed by atoms with Crippen molar-refractivity contribution in [3.63, 3.8) is 0 Å². The van der Waals surface area contributed by atoms with Gasteiger partial charge in [0.05, 0.1) is 22.1 Å². The Morgan fingerprint density at radius 1 is 0.213 bits per heavy atom. The summed E-state index contributed by atoms with van der Waals surface area (Å²) in [4.78, 5) is 0. The normalized spacial score (nSPS) is 11.7. The topological polar surface area (TPSA) is 9.86 Å². The Labute approximate surface area is 437 Å². The van der Waals surface area contributed by atoms with Crippen LogP contribution in [0, 0.1) is 0 Å². The average Bonchev–Trinajstić information content (AvgIpc) is 4.19. The number of fused-ring (bicyclic) bond motifs is 15. The van der Waals surface area contributed by atoms with Crippen molar-refractivity contribution >= 4 is 107 Å². The van der Waals surface area contributed by atoms with E-state index in [0.717, 1.165) is 0 Å². The van der Waals surface area contributed by atoms with Crippen LogP contribution in [0.15, 0.2) is 279 Å². The van der Waals surface area contributed by atoms with E-state index in [-0.39, 0.29) is 0 Å². The standard InChI is InChI=1S/C36H24N2.C36H22S/c1-5-13-33-29(9-1)30-10-2-6-14-34(30)37(33)27-21-17-25(18-22-27)26-19-23-28(24-20-26)38-35-15-7-3-11-31(35)32-12-4-8-16-36(32)38;1-2-13-29-27(11-1)28-12-3-4-14-30(28)34-22-24(19-20-31(29)34)23-9-7-10-25(21-23)26-16-8-17-33-32-15-5-6-18-35(32)37-36(26)33/h1-24H;1-22H. The minimum Gasteiger partial charge on any atom is -0.309 e. The van der Waals surface area contributed by atoms with Gasteiger partial charge in [0.15, 0.2) is 0 Å². The first kappa shape index (κ1) is 43.1. The summed E-state index contributed by atoms with van der Waals surface area (Å²) in [6, 6.07) is 101. The van der Waals surface area contributed by atoms with Gasteiger partial charge in [-0.15, -0.1) is 11.3 Å². The first-order valence-corrected chi connectivity index (χ1v) is 26.6. The number of para-hydroxylation sites is 4. The zero-order valence-corrected chi connectivity index (χ0v) is 41.7. The van der Waals surface area contributed by atoms with Crippen molar-refractivity contribution < 1.29 is 0 Å². The van der Waals surface area contributed by atoms with E-state index in [1.54, 1.807) is 0 Å². The van der Waals surface area contributed by atoms with Crippen LogP contribution in [0.25, 0.3) is 141 Å². The predicted octanol–water partition coefficient (Wildman–Crippen LogP) is 20.4. The molecule has 0 aliphatic heterocycles. The molecule has 0 bridgehead atoms. The molecule has 3 heterocycles. The molecule has 0 N–H and O–H groups in total. The van der Waals surface area contributed by atoms with Gasteiger partial charge in [-0.25, -0.2) is 0 Å². The molecular weight excluding hydrogens is 925 g/mol. The van der Waals surface area contributed by atoms with Crippen molar-refractivity contribution in [1.82, 2.24) is 9.13 Å². The van der Waals surface area contributed by atoms with E-state index in [2.05, 4.69) is 288 Å². The lowest BCUT2D eigenvalue weighted by molar-refractivity contribution is 1.18. The third-order valence-corrected chi connectivity index (χ3v) is 16.6. The molecule has 3 aromatic heterocycles. The van der Waals surface area contributed by atoms with E-state index < -0.39 is 0 Å². The van der Waals surface area contributed by atoms with Crippen LogP contribution in [0.1, 0.15) is 0 Å². The lowest BCUT2D eigenvalue weighted by Gasteiger charge is -2.12. The third kappa shape index (κ3) is 7.08. The monoisotopic (exact) mass is 970 g/mol. The van der Waals surface area contributed by atoms with Gasteiger partial charge in [0, 0.05) is 53.1 Å². The summed E-state index contributed by atoms with van der Waals surface area (Å²) in [6.07, 6.45) is 0. The van der Waals surface area contributed by atoms with Crippen molar-refractivity contribution in [3.8, 4) is 44.8 Å². The second-order valence-corrected chi connectivity index (χ2v) is 20.6. The smallest absolute Gasteiger partial charge is 0.0541 e. The van der Waals surface area contributed by atoms with E-state index in [0.29, 0.717) is 0 Å². The molecule has 0 aliphatic carbocycles. The summed E-state index contributed by atoms with van der Waals surface area (Å²) < 4.78 is 7.42. The maximum Gasteiger partial charge on any atom is 0.0541 e. The molecule has 350 valence electrons. The van der Waals surface area contributed by atoms with Gasteiger partial charge in [0.1, 0.15) is 0 Å². The molecule has 0 aliphatic rings. The first-order valence-electron chi connectivity index (χ1n) is 25.7. The van der Waals surface area contributed by atoms with Gasteiger partial charge >= 0.3 is 0 Å². The number of hydrogen-bond acceptors (Lipinski definition) is 1. The summed E-state index contributed by atoms with van der Waals surface area (Å²) in [5.74, 6) is 0. The van der Waals surface area contributed by atoms with Gasteiger partial charge in [0.25, 0.3) is 0 Å². The molecule has 3 heteroatoms. The second-order valence-electron chi connectivity index (χ2n) is 19.5. The number of hydrogen-bond donors (Lipinski definition) is 0. The van der Waals surface area contributed by atoms with E-state index in [1.807, 2.05) is 11.3 Å². The van der Waals surface area contributed by atoms with Gasteiger partial charge in [-0.05, 0) is 132 Å². The van der Waals surface area contributed by atoms with Crippen LogP contribution in [0.3, 0.4) is 0 Å². The number of thiophene rings is 1. The molecule has 2 nitrogen and oxygen atoms in total. The van der Waals surface area contributed by atoms with Gasteiger partial charge < -0.3 is 9.13 Å². The molecule has 16 aromatic rings. The third-order valence-electron chi connectivity index (χ3n) is 15.4. The lowest BCUT2D eigenvalue weighted by Crippen LogP contribution is -1.94. The molecule has 0 saturated carbocycles. The van der Waals surface area contributed by atoms with Gasteiger partial charge in [-0.1, -0.05) is 212 Å². The van der Waals surface area contributed by atoms with E-state index >= 15 is 0 Å². The summed E-state index contributed by atoms with van der Waals surface area (Å²) in [7, 11) is 0. The molecule has 0 atom stereocenters. The number of nitrogens with zero attached hydrogens (tertiary/aromatic N) is 2. The van der Waals surface area contributed by atoms with Crippen LogP contribution in [-0.2, 0) is 0 Å². The van der Waals surface area contributed by atoms with Gasteiger partial charge in [0.2, 0.25) is 0 Å². The Morgan fingerprint density at radius 2 is 0.573 bits per heavy atom. The Bertz CT molecular complexity index is 4580. The highest BCUT2D eigenvalue weighted by Gasteiger charge is 2.16. The summed E-state index contributed by atoms with van der Waals surface area (Å²) >= 11 is 1.89. The Hall–Kier alpha value is -9.54.